The van der Waals surface area contributed by atoms with Gasteiger partial charge in [0.25, 0.3) is 0 Å². The number of sulfone groups is 1. The van der Waals surface area contributed by atoms with Crippen molar-refractivity contribution >= 4 is 21.6 Å². The van der Waals surface area contributed by atoms with Gasteiger partial charge in [-0.3, -0.25) is 10.6 Å². The molecule has 134 valence electrons. The topological polar surface area (TPSA) is 70.2 Å². The van der Waals surface area contributed by atoms with Crippen molar-refractivity contribution in [2.45, 2.75) is 61.2 Å². The van der Waals surface area contributed by atoms with E-state index < -0.39 is 9.84 Å². The van der Waals surface area contributed by atoms with Crippen LogP contribution in [0.2, 0.25) is 0 Å². The second-order valence-corrected chi connectivity index (χ2v) is 11.1. The molecule has 1 saturated carbocycles. The average Bonchev–Trinajstić information content (AvgIpc) is 3.06. The Labute approximate surface area is 145 Å². The van der Waals surface area contributed by atoms with Crippen LogP contribution in [0.25, 0.3) is 0 Å². The Bertz CT molecular complexity index is 472. The third-order valence-corrected chi connectivity index (χ3v) is 8.72. The molecule has 2 aliphatic heterocycles. The highest BCUT2D eigenvalue weighted by molar-refractivity contribution is 8.00. The van der Waals surface area contributed by atoms with Crippen molar-refractivity contribution in [3.63, 3.8) is 0 Å². The molecule has 0 aromatic carbocycles. The summed E-state index contributed by atoms with van der Waals surface area (Å²) >= 11 is 2.09. The molecule has 3 rings (SSSR count). The molecule has 1 aliphatic carbocycles. The zero-order chi connectivity index (χ0) is 16.3. The fraction of sp³-hybridized carbons (Fsp3) is 1.00. The fourth-order valence-corrected chi connectivity index (χ4v) is 6.53. The predicted octanol–water partition coefficient (Wildman–Crippen LogP) is 0.963. The van der Waals surface area contributed by atoms with E-state index in [9.17, 15) is 8.42 Å². The van der Waals surface area contributed by atoms with Crippen LogP contribution in [0.3, 0.4) is 0 Å². The van der Waals surface area contributed by atoms with Gasteiger partial charge in [-0.05, 0) is 50.2 Å². The van der Waals surface area contributed by atoms with E-state index in [0.717, 1.165) is 50.6 Å². The molecule has 23 heavy (non-hydrogen) atoms. The summed E-state index contributed by atoms with van der Waals surface area (Å²) in [4.78, 5) is 0. The molecule has 3 atom stereocenters. The van der Waals surface area contributed by atoms with Crippen LogP contribution < -0.4 is 16.0 Å². The van der Waals surface area contributed by atoms with Gasteiger partial charge >= 0.3 is 0 Å². The molecule has 0 spiro atoms. The van der Waals surface area contributed by atoms with Gasteiger partial charge in [-0.1, -0.05) is 0 Å². The van der Waals surface area contributed by atoms with E-state index in [2.05, 4.69) is 27.7 Å². The molecule has 0 bridgehead atoms. The zero-order valence-electron chi connectivity index (χ0n) is 14.1. The monoisotopic (exact) mass is 361 g/mol. The first kappa shape index (κ1) is 18.0. The highest BCUT2D eigenvalue weighted by Gasteiger charge is 2.34. The van der Waals surface area contributed by atoms with Gasteiger partial charge in [0, 0.05) is 37.2 Å². The molecule has 7 heteroatoms. The maximum Gasteiger partial charge on any atom is 0.150 e. The van der Waals surface area contributed by atoms with E-state index in [0.29, 0.717) is 18.1 Å². The minimum Gasteiger partial charge on any atom is -0.312 e. The Morgan fingerprint density at radius 2 is 1.91 bits per heavy atom. The molecule has 3 aliphatic rings. The summed E-state index contributed by atoms with van der Waals surface area (Å²) in [5.74, 6) is 1.92. The summed E-state index contributed by atoms with van der Waals surface area (Å²) < 4.78 is 23.4. The Balaban J connectivity index is 1.43. The SMILES string of the molecule is CS(=O)(=O)C1CCC(C2CNCC(NCC3CCCS3)N2)CC1. The van der Waals surface area contributed by atoms with Crippen molar-refractivity contribution in [2.24, 2.45) is 5.92 Å². The maximum absolute atomic E-state index is 11.7. The summed E-state index contributed by atoms with van der Waals surface area (Å²) in [5, 5.41) is 11.7. The minimum absolute atomic E-state index is 0.108. The maximum atomic E-state index is 11.7. The van der Waals surface area contributed by atoms with Crippen molar-refractivity contribution in [1.29, 1.82) is 0 Å². The van der Waals surface area contributed by atoms with Gasteiger partial charge in [0.1, 0.15) is 9.84 Å². The predicted molar refractivity (Wildman–Crippen MR) is 97.7 cm³/mol. The Hall–Kier alpha value is 0.180. The van der Waals surface area contributed by atoms with Crippen LogP contribution in [-0.4, -0.2) is 62.8 Å². The normalized spacial score (nSPS) is 39.4. The van der Waals surface area contributed by atoms with Crippen molar-refractivity contribution in [2.75, 3.05) is 31.6 Å². The molecule has 0 aromatic rings. The fourth-order valence-electron chi connectivity index (χ4n) is 4.19. The highest BCUT2D eigenvalue weighted by Crippen LogP contribution is 2.31. The molecule has 3 N–H and O–H groups in total. The van der Waals surface area contributed by atoms with Crippen LogP contribution >= 0.6 is 11.8 Å². The van der Waals surface area contributed by atoms with E-state index >= 15 is 0 Å². The first-order valence-electron chi connectivity index (χ1n) is 9.03. The van der Waals surface area contributed by atoms with Gasteiger partial charge in [0.05, 0.1) is 11.4 Å². The van der Waals surface area contributed by atoms with E-state index in [1.807, 2.05) is 0 Å². The number of nitrogens with one attached hydrogen (secondary N) is 3. The highest BCUT2D eigenvalue weighted by atomic mass is 32.2. The lowest BCUT2D eigenvalue weighted by molar-refractivity contribution is 0.202. The van der Waals surface area contributed by atoms with Crippen LogP contribution in [-0.2, 0) is 9.84 Å². The third-order valence-electron chi connectivity index (χ3n) is 5.64. The lowest BCUT2D eigenvalue weighted by Gasteiger charge is -2.40. The lowest BCUT2D eigenvalue weighted by atomic mass is 9.83. The summed E-state index contributed by atoms with van der Waals surface area (Å²) in [6.45, 7) is 3.08. The Morgan fingerprint density at radius 3 is 2.57 bits per heavy atom. The van der Waals surface area contributed by atoms with Crippen LogP contribution in [0.5, 0.6) is 0 Å². The van der Waals surface area contributed by atoms with E-state index in [4.69, 9.17) is 0 Å². The molecule has 0 radical (unpaired) electrons. The second-order valence-electron chi connectivity index (χ2n) is 7.39. The summed E-state index contributed by atoms with van der Waals surface area (Å²) in [6.07, 6.45) is 8.17. The van der Waals surface area contributed by atoms with Gasteiger partial charge in [-0.15, -0.1) is 0 Å². The molecule has 0 amide bonds. The third kappa shape index (κ3) is 5.08. The zero-order valence-corrected chi connectivity index (χ0v) is 15.7. The Morgan fingerprint density at radius 1 is 1.13 bits per heavy atom. The molecule has 3 fully saturated rings. The van der Waals surface area contributed by atoms with Gasteiger partial charge in [-0.25, -0.2) is 8.42 Å². The first-order chi connectivity index (χ1) is 11.0. The summed E-state index contributed by atoms with van der Waals surface area (Å²) in [5.41, 5.74) is 0. The van der Waals surface area contributed by atoms with E-state index in [1.165, 1.54) is 24.9 Å². The van der Waals surface area contributed by atoms with Crippen LogP contribution in [0.4, 0.5) is 0 Å². The van der Waals surface area contributed by atoms with Gasteiger partial charge in [-0.2, -0.15) is 11.8 Å². The Kier molecular flexibility index (Phi) is 6.29. The molecule has 5 nitrogen and oxygen atoms in total. The second kappa shape index (κ2) is 8.04. The molecular weight excluding hydrogens is 330 g/mol. The molecule has 2 saturated heterocycles. The number of thioether (sulfide) groups is 1. The van der Waals surface area contributed by atoms with Crippen molar-refractivity contribution < 1.29 is 8.42 Å². The van der Waals surface area contributed by atoms with Gasteiger partial charge in [0.2, 0.25) is 0 Å². The first-order valence-corrected chi connectivity index (χ1v) is 12.0. The largest absolute Gasteiger partial charge is 0.312 e. The molecular formula is C16H31N3O2S2. The van der Waals surface area contributed by atoms with E-state index in [-0.39, 0.29) is 5.25 Å². The number of hydrogen-bond acceptors (Lipinski definition) is 6. The quantitative estimate of drug-likeness (QED) is 0.678. The minimum atomic E-state index is -2.86. The molecule has 2 heterocycles. The number of hydrogen-bond donors (Lipinski definition) is 3. The van der Waals surface area contributed by atoms with Gasteiger partial charge < -0.3 is 5.32 Å². The molecule has 0 aromatic heterocycles. The smallest absolute Gasteiger partial charge is 0.150 e. The molecule has 3 unspecified atom stereocenters. The standard InChI is InChI=1S/C16H31N3O2S2/c1-23(20,21)14-6-4-12(5-7-14)15-10-17-11-16(19-15)18-9-13-3-2-8-22-13/h12-19H,2-11H2,1H3. The van der Waals surface area contributed by atoms with E-state index in [1.54, 1.807) is 0 Å². The van der Waals surface area contributed by atoms with Crippen LogP contribution in [0.1, 0.15) is 38.5 Å². The summed E-state index contributed by atoms with van der Waals surface area (Å²) in [6, 6.07) is 0.470. The number of rotatable bonds is 5. The van der Waals surface area contributed by atoms with Crippen molar-refractivity contribution in [3.05, 3.63) is 0 Å². The van der Waals surface area contributed by atoms with Crippen LogP contribution in [0, 0.1) is 5.92 Å². The van der Waals surface area contributed by atoms with Gasteiger partial charge in [0.15, 0.2) is 0 Å². The van der Waals surface area contributed by atoms with Crippen LogP contribution in [0.15, 0.2) is 0 Å². The summed E-state index contributed by atoms with van der Waals surface area (Å²) in [7, 11) is -2.86. The van der Waals surface area contributed by atoms with Crippen molar-refractivity contribution in [1.82, 2.24) is 16.0 Å². The average molecular weight is 362 g/mol. The lowest BCUT2D eigenvalue weighted by Crippen LogP contribution is -2.63. The number of piperazine rings is 1. The van der Waals surface area contributed by atoms with Crippen molar-refractivity contribution in [3.8, 4) is 0 Å².